The number of amides is 1. The van der Waals surface area contributed by atoms with Gasteiger partial charge in [0.05, 0.1) is 11.3 Å². The van der Waals surface area contributed by atoms with E-state index in [1.807, 2.05) is 12.1 Å². The Morgan fingerprint density at radius 2 is 1.68 bits per heavy atom. The van der Waals surface area contributed by atoms with Gasteiger partial charge in [-0.15, -0.1) is 0 Å². The van der Waals surface area contributed by atoms with Crippen molar-refractivity contribution in [3.63, 3.8) is 0 Å². The van der Waals surface area contributed by atoms with Crippen LogP contribution in [0.15, 0.2) is 61.1 Å². The van der Waals surface area contributed by atoms with Crippen LogP contribution in [0.25, 0.3) is 11.4 Å². The van der Waals surface area contributed by atoms with E-state index in [2.05, 4.69) is 30.1 Å². The number of fused-ring (bicyclic) bond motifs is 1. The number of nitrogens with zero attached hydrogens (tertiary/aromatic N) is 5. The van der Waals surface area contributed by atoms with Gasteiger partial charge in [-0.2, -0.15) is 13.2 Å². The van der Waals surface area contributed by atoms with Gasteiger partial charge in [0.15, 0.2) is 5.82 Å². The van der Waals surface area contributed by atoms with E-state index in [-0.39, 0.29) is 23.9 Å². The summed E-state index contributed by atoms with van der Waals surface area (Å²) >= 11 is 0. The Balaban J connectivity index is 0.908. The lowest BCUT2D eigenvalue weighted by atomic mass is 9.79. The third-order valence-corrected chi connectivity index (χ3v) is 10.3. The van der Waals surface area contributed by atoms with E-state index >= 15 is 0 Å². The van der Waals surface area contributed by atoms with Crippen molar-refractivity contribution in [2.75, 3.05) is 18.4 Å². The predicted octanol–water partition coefficient (Wildman–Crippen LogP) is 5.25. The van der Waals surface area contributed by atoms with Crippen LogP contribution in [0, 0.1) is 5.92 Å². The number of nitrogens with one attached hydrogen (secondary N) is 1. The summed E-state index contributed by atoms with van der Waals surface area (Å²) in [7, 11) is 0. The molecule has 3 aromatic rings. The highest BCUT2D eigenvalue weighted by atomic mass is 19.4. The zero-order chi connectivity index (χ0) is 30.5. The van der Waals surface area contributed by atoms with Crippen molar-refractivity contribution in [3.8, 4) is 11.4 Å². The van der Waals surface area contributed by atoms with Crippen LogP contribution < -0.4 is 5.32 Å². The van der Waals surface area contributed by atoms with Crippen molar-refractivity contribution < 1.29 is 23.1 Å². The standard InChI is InChI=1S/C33H37F3N6O2/c34-33(35,36)23-3-1-4-24(19-23)40-25-17-22(18-25)31(43)42-16-10-27-28(42)9-15-41(27)26-7-11-32(44,12-8-26)29-6-5-21(20-39-29)30-37-13-2-14-38-30/h1-6,13-14,19-20,22,25-28,40,44H,7-12,15-18H2/t22?,25?,26?,27-,28-,32?/m1/s1. The summed E-state index contributed by atoms with van der Waals surface area (Å²) < 4.78 is 39.2. The molecule has 4 aliphatic rings. The van der Waals surface area contributed by atoms with Crippen molar-refractivity contribution in [2.45, 2.75) is 87.3 Å². The maximum atomic E-state index is 13.5. The molecule has 8 nitrogen and oxygen atoms in total. The maximum Gasteiger partial charge on any atom is 0.416 e. The first-order valence-corrected chi connectivity index (χ1v) is 15.6. The quantitative estimate of drug-likeness (QED) is 0.396. The molecule has 232 valence electrons. The number of anilines is 1. The highest BCUT2D eigenvalue weighted by Gasteiger charge is 2.50. The summed E-state index contributed by atoms with van der Waals surface area (Å²) in [5.74, 6) is 0.719. The van der Waals surface area contributed by atoms with E-state index < -0.39 is 17.3 Å². The fourth-order valence-electron chi connectivity index (χ4n) is 7.86. The van der Waals surface area contributed by atoms with Crippen LogP contribution in [0.1, 0.15) is 62.6 Å². The Morgan fingerprint density at radius 1 is 0.932 bits per heavy atom. The fraction of sp³-hybridized carbons (Fsp3) is 0.515. The van der Waals surface area contributed by atoms with Crippen LogP contribution in [0.4, 0.5) is 18.9 Å². The molecule has 2 aliphatic carbocycles. The van der Waals surface area contributed by atoms with E-state index in [1.165, 1.54) is 6.07 Å². The molecule has 2 saturated carbocycles. The van der Waals surface area contributed by atoms with Crippen LogP contribution in [0.5, 0.6) is 0 Å². The van der Waals surface area contributed by atoms with Crippen LogP contribution in [0.3, 0.4) is 0 Å². The Kier molecular flexibility index (Phi) is 7.56. The summed E-state index contributed by atoms with van der Waals surface area (Å²) in [5, 5.41) is 14.7. The molecule has 2 saturated heterocycles. The van der Waals surface area contributed by atoms with E-state index in [9.17, 15) is 23.1 Å². The van der Waals surface area contributed by atoms with Gasteiger partial charge in [0.25, 0.3) is 0 Å². The lowest BCUT2D eigenvalue weighted by molar-refractivity contribution is -0.139. The van der Waals surface area contributed by atoms with Gasteiger partial charge < -0.3 is 15.3 Å². The number of aromatic nitrogens is 3. The van der Waals surface area contributed by atoms with Crippen molar-refractivity contribution in [3.05, 3.63) is 72.3 Å². The first-order valence-electron chi connectivity index (χ1n) is 15.6. The molecular formula is C33H37F3N6O2. The average molecular weight is 607 g/mol. The number of hydrogen-bond donors (Lipinski definition) is 2. The SMILES string of the molecule is O=C(C1CC(Nc2cccc(C(F)(F)F)c2)C1)N1CC[C@@H]2[C@H]1CCN2C1CCC(O)(c2ccc(-c3ncccn3)cn2)CC1. The van der Waals surface area contributed by atoms with Crippen LogP contribution in [-0.4, -0.2) is 73.0 Å². The van der Waals surface area contributed by atoms with Crippen molar-refractivity contribution in [2.24, 2.45) is 5.92 Å². The Labute approximate surface area is 254 Å². The molecule has 11 heteroatoms. The molecule has 0 unspecified atom stereocenters. The molecule has 4 heterocycles. The second-order valence-electron chi connectivity index (χ2n) is 12.8. The largest absolute Gasteiger partial charge is 0.416 e. The van der Waals surface area contributed by atoms with E-state index in [0.29, 0.717) is 55.0 Å². The van der Waals surface area contributed by atoms with Crippen LogP contribution in [-0.2, 0) is 16.6 Å². The van der Waals surface area contributed by atoms with E-state index in [1.54, 1.807) is 30.7 Å². The molecule has 2 aromatic heterocycles. The molecule has 2 atom stereocenters. The number of pyridine rings is 1. The number of carbonyl (C=O) groups is 1. The van der Waals surface area contributed by atoms with Gasteiger partial charge >= 0.3 is 6.18 Å². The normalized spacial score (nSPS) is 30.5. The number of rotatable bonds is 6. The zero-order valence-corrected chi connectivity index (χ0v) is 24.5. The first kappa shape index (κ1) is 29.2. The summed E-state index contributed by atoms with van der Waals surface area (Å²) in [6.07, 6.45) is 6.99. The molecule has 4 fully saturated rings. The number of carbonyl (C=O) groups excluding carboxylic acids is 1. The molecule has 7 rings (SSSR count). The average Bonchev–Trinajstić information content (AvgIpc) is 3.62. The summed E-state index contributed by atoms with van der Waals surface area (Å²) in [4.78, 5) is 31.3. The minimum Gasteiger partial charge on any atom is -0.384 e. The molecule has 2 aliphatic heterocycles. The van der Waals surface area contributed by atoms with Crippen molar-refractivity contribution >= 4 is 11.6 Å². The van der Waals surface area contributed by atoms with E-state index in [4.69, 9.17) is 0 Å². The Morgan fingerprint density at radius 3 is 2.39 bits per heavy atom. The first-order chi connectivity index (χ1) is 21.2. The van der Waals surface area contributed by atoms with Crippen molar-refractivity contribution in [1.82, 2.24) is 24.8 Å². The smallest absolute Gasteiger partial charge is 0.384 e. The number of aliphatic hydroxyl groups is 1. The minimum atomic E-state index is -4.38. The van der Waals surface area contributed by atoms with Gasteiger partial charge in [-0.25, -0.2) is 9.97 Å². The van der Waals surface area contributed by atoms with Crippen molar-refractivity contribution in [1.29, 1.82) is 0 Å². The topological polar surface area (TPSA) is 94.5 Å². The summed E-state index contributed by atoms with van der Waals surface area (Å²) in [6.45, 7) is 1.71. The summed E-state index contributed by atoms with van der Waals surface area (Å²) in [6, 6.07) is 11.8. The second-order valence-corrected chi connectivity index (χ2v) is 12.8. The Hall–Kier alpha value is -3.57. The van der Waals surface area contributed by atoms with Gasteiger partial charge in [-0.1, -0.05) is 6.07 Å². The lowest BCUT2D eigenvalue weighted by Gasteiger charge is -2.41. The van der Waals surface area contributed by atoms with E-state index in [0.717, 1.165) is 56.5 Å². The monoisotopic (exact) mass is 606 g/mol. The molecular weight excluding hydrogens is 569 g/mol. The minimum absolute atomic E-state index is 0.00395. The van der Waals surface area contributed by atoms with Gasteiger partial charge in [0, 0.05) is 73.0 Å². The molecule has 2 N–H and O–H groups in total. The van der Waals surface area contributed by atoms with Crippen LogP contribution >= 0.6 is 0 Å². The lowest BCUT2D eigenvalue weighted by Crippen LogP contribution is -2.49. The number of halogens is 3. The number of likely N-dealkylation sites (tertiary alicyclic amines) is 2. The summed E-state index contributed by atoms with van der Waals surface area (Å²) in [5.41, 5.74) is 0.327. The predicted molar refractivity (Wildman–Crippen MR) is 158 cm³/mol. The molecule has 0 bridgehead atoms. The highest BCUT2D eigenvalue weighted by molar-refractivity contribution is 5.81. The van der Waals surface area contributed by atoms with Crippen LogP contribution in [0.2, 0.25) is 0 Å². The molecule has 44 heavy (non-hydrogen) atoms. The van der Waals surface area contributed by atoms with Gasteiger partial charge in [0.1, 0.15) is 5.60 Å². The fourth-order valence-corrected chi connectivity index (χ4v) is 7.86. The van der Waals surface area contributed by atoms with Gasteiger partial charge in [0.2, 0.25) is 5.91 Å². The second kappa shape index (κ2) is 11.4. The van der Waals surface area contributed by atoms with Gasteiger partial charge in [-0.05, 0) is 87.8 Å². The number of alkyl halides is 3. The zero-order valence-electron chi connectivity index (χ0n) is 24.5. The Bertz CT molecular complexity index is 1470. The number of benzene rings is 1. The molecule has 0 radical (unpaired) electrons. The third-order valence-electron chi connectivity index (χ3n) is 10.3. The van der Waals surface area contributed by atoms with Gasteiger partial charge in [-0.3, -0.25) is 14.7 Å². The number of hydrogen-bond acceptors (Lipinski definition) is 7. The molecule has 0 spiro atoms. The molecule has 1 aromatic carbocycles. The third kappa shape index (κ3) is 5.56. The molecule has 1 amide bonds. The maximum absolute atomic E-state index is 13.5. The highest BCUT2D eigenvalue weighted by Crippen LogP contribution is 2.43.